The highest BCUT2D eigenvalue weighted by Gasteiger charge is 2.34. The molecular formula is C20H26N4O4S. The van der Waals surface area contributed by atoms with Gasteiger partial charge in [0.25, 0.3) is 5.91 Å². The van der Waals surface area contributed by atoms with E-state index < -0.39 is 0 Å². The number of aromatic nitrogens is 1. The first-order valence-corrected chi connectivity index (χ1v) is 10.4. The summed E-state index contributed by atoms with van der Waals surface area (Å²) in [5.41, 5.74) is 1.18. The summed E-state index contributed by atoms with van der Waals surface area (Å²) in [6.07, 6.45) is 2.20. The van der Waals surface area contributed by atoms with Gasteiger partial charge < -0.3 is 25.0 Å². The van der Waals surface area contributed by atoms with Crippen molar-refractivity contribution in [1.82, 2.24) is 15.2 Å². The van der Waals surface area contributed by atoms with Crippen molar-refractivity contribution in [2.24, 2.45) is 0 Å². The highest BCUT2D eigenvalue weighted by atomic mass is 32.1. The molecule has 0 aliphatic heterocycles. The Balaban J connectivity index is 1.60. The van der Waals surface area contributed by atoms with E-state index in [4.69, 9.17) is 9.47 Å². The third kappa shape index (κ3) is 5.91. The van der Waals surface area contributed by atoms with Gasteiger partial charge in [-0.1, -0.05) is 12.1 Å². The second kappa shape index (κ2) is 10.2. The molecule has 1 aliphatic carbocycles. The van der Waals surface area contributed by atoms with E-state index in [2.05, 4.69) is 15.6 Å². The van der Waals surface area contributed by atoms with Crippen LogP contribution in [0, 0.1) is 0 Å². The molecule has 0 radical (unpaired) electrons. The molecule has 8 nitrogen and oxygen atoms in total. The van der Waals surface area contributed by atoms with Crippen molar-refractivity contribution in [3.63, 3.8) is 0 Å². The van der Waals surface area contributed by atoms with E-state index >= 15 is 0 Å². The van der Waals surface area contributed by atoms with Gasteiger partial charge in [0.1, 0.15) is 11.4 Å². The molecule has 0 bridgehead atoms. The molecule has 29 heavy (non-hydrogen) atoms. The van der Waals surface area contributed by atoms with Crippen LogP contribution in [0.25, 0.3) is 0 Å². The molecule has 1 fully saturated rings. The maximum absolute atomic E-state index is 13.0. The summed E-state index contributed by atoms with van der Waals surface area (Å²) < 4.78 is 10.3. The molecule has 0 spiro atoms. The maximum atomic E-state index is 13.0. The summed E-state index contributed by atoms with van der Waals surface area (Å²) in [5, 5.41) is 8.34. The largest absolute Gasteiger partial charge is 0.495 e. The van der Waals surface area contributed by atoms with Crippen LogP contribution < -0.4 is 15.4 Å². The average molecular weight is 419 g/mol. The van der Waals surface area contributed by atoms with Crippen LogP contribution in [0.5, 0.6) is 5.75 Å². The number of carbonyl (C=O) groups is 2. The maximum Gasteiger partial charge on any atom is 0.273 e. The predicted molar refractivity (Wildman–Crippen MR) is 112 cm³/mol. The normalized spacial score (nSPS) is 13.0. The van der Waals surface area contributed by atoms with Crippen molar-refractivity contribution >= 4 is 34.0 Å². The second-order valence-corrected chi connectivity index (χ2v) is 7.54. The number of hydrogen-bond donors (Lipinski definition) is 2. The number of methoxy groups -OCH3 is 2. The Kier molecular flexibility index (Phi) is 7.42. The molecule has 3 rings (SSSR count). The van der Waals surface area contributed by atoms with Crippen LogP contribution in [0.3, 0.4) is 0 Å². The number of rotatable bonds is 11. The van der Waals surface area contributed by atoms with E-state index in [0.29, 0.717) is 36.3 Å². The Hall–Kier alpha value is -2.65. The highest BCUT2D eigenvalue weighted by Crippen LogP contribution is 2.31. The molecule has 2 amide bonds. The van der Waals surface area contributed by atoms with Crippen molar-refractivity contribution in [3.05, 3.63) is 35.3 Å². The monoisotopic (exact) mass is 418 g/mol. The van der Waals surface area contributed by atoms with Crippen molar-refractivity contribution in [3.8, 4) is 5.75 Å². The first kappa shape index (κ1) is 21.1. The molecule has 1 aromatic heterocycles. The highest BCUT2D eigenvalue weighted by molar-refractivity contribution is 7.14. The first-order chi connectivity index (χ1) is 14.1. The number of anilines is 2. The Morgan fingerprint density at radius 2 is 2.07 bits per heavy atom. The predicted octanol–water partition coefficient (Wildman–Crippen LogP) is 2.65. The van der Waals surface area contributed by atoms with Gasteiger partial charge in [-0.05, 0) is 25.0 Å². The zero-order chi connectivity index (χ0) is 20.6. The minimum Gasteiger partial charge on any atom is -0.495 e. The molecule has 0 atom stereocenters. The number of para-hydroxylation sites is 2. The zero-order valence-electron chi connectivity index (χ0n) is 16.6. The Morgan fingerprint density at radius 1 is 1.28 bits per heavy atom. The van der Waals surface area contributed by atoms with Crippen LogP contribution in [0.1, 0.15) is 29.8 Å². The van der Waals surface area contributed by atoms with Gasteiger partial charge in [0, 0.05) is 38.0 Å². The van der Waals surface area contributed by atoms with E-state index in [1.54, 1.807) is 24.5 Å². The van der Waals surface area contributed by atoms with Crippen molar-refractivity contribution in [1.29, 1.82) is 0 Å². The lowest BCUT2D eigenvalue weighted by atomic mass is 10.3. The minimum absolute atomic E-state index is 0.0858. The van der Waals surface area contributed by atoms with Gasteiger partial charge in [-0.2, -0.15) is 0 Å². The van der Waals surface area contributed by atoms with E-state index in [9.17, 15) is 9.59 Å². The summed E-state index contributed by atoms with van der Waals surface area (Å²) in [6.45, 7) is 1.32. The molecule has 156 valence electrons. The SMILES string of the molecule is COCCNC(=O)CCN(C(=O)c1csc(Nc2ccccc2OC)n1)C1CC1. The molecule has 9 heteroatoms. The Bertz CT molecular complexity index is 837. The van der Waals surface area contributed by atoms with Gasteiger partial charge in [0.05, 0.1) is 19.4 Å². The standard InChI is InChI=1S/C20H26N4O4S/c1-27-12-10-21-18(25)9-11-24(14-7-8-14)19(26)16-13-29-20(23-16)22-15-5-3-4-6-17(15)28-2/h3-6,13-14H,7-12H2,1-2H3,(H,21,25)(H,22,23). The van der Waals surface area contributed by atoms with Crippen molar-refractivity contribution in [2.75, 3.05) is 39.2 Å². The molecule has 1 aromatic carbocycles. The Morgan fingerprint density at radius 3 is 2.79 bits per heavy atom. The lowest BCUT2D eigenvalue weighted by molar-refractivity contribution is -0.121. The Labute approximate surface area is 174 Å². The molecular weight excluding hydrogens is 392 g/mol. The van der Waals surface area contributed by atoms with Gasteiger partial charge in [-0.25, -0.2) is 4.98 Å². The van der Waals surface area contributed by atoms with Gasteiger partial charge in [-0.15, -0.1) is 11.3 Å². The van der Waals surface area contributed by atoms with Crippen LogP contribution in [0.4, 0.5) is 10.8 Å². The fraction of sp³-hybridized carbons (Fsp3) is 0.450. The van der Waals surface area contributed by atoms with Gasteiger partial charge in [0.15, 0.2) is 5.13 Å². The minimum atomic E-state index is -0.137. The second-order valence-electron chi connectivity index (χ2n) is 6.69. The number of nitrogens with zero attached hydrogens (tertiary/aromatic N) is 2. The third-order valence-corrected chi connectivity index (χ3v) is 5.29. The molecule has 2 N–H and O–H groups in total. The molecule has 1 saturated carbocycles. The number of nitrogens with one attached hydrogen (secondary N) is 2. The van der Waals surface area contributed by atoms with Crippen molar-refractivity contribution < 1.29 is 19.1 Å². The van der Waals surface area contributed by atoms with Gasteiger partial charge in [0.2, 0.25) is 5.91 Å². The summed E-state index contributed by atoms with van der Waals surface area (Å²) in [7, 11) is 3.20. The number of hydrogen-bond acceptors (Lipinski definition) is 7. The van der Waals surface area contributed by atoms with Crippen LogP contribution in [0.2, 0.25) is 0 Å². The lowest BCUT2D eigenvalue weighted by Gasteiger charge is -2.21. The van der Waals surface area contributed by atoms with Crippen LogP contribution in [-0.4, -0.2) is 61.7 Å². The van der Waals surface area contributed by atoms with Crippen LogP contribution in [-0.2, 0) is 9.53 Å². The van der Waals surface area contributed by atoms with Crippen LogP contribution in [0.15, 0.2) is 29.6 Å². The van der Waals surface area contributed by atoms with Crippen molar-refractivity contribution in [2.45, 2.75) is 25.3 Å². The van der Waals surface area contributed by atoms with E-state index in [0.717, 1.165) is 18.5 Å². The van der Waals surface area contributed by atoms with Crippen LogP contribution >= 0.6 is 11.3 Å². The lowest BCUT2D eigenvalue weighted by Crippen LogP contribution is -2.37. The summed E-state index contributed by atoms with van der Waals surface area (Å²) in [4.78, 5) is 31.1. The molecule has 1 heterocycles. The number of ether oxygens (including phenoxy) is 2. The van der Waals surface area contributed by atoms with E-state index in [-0.39, 0.29) is 24.3 Å². The van der Waals surface area contributed by atoms with Gasteiger partial charge in [-0.3, -0.25) is 9.59 Å². The number of benzene rings is 1. The molecule has 0 unspecified atom stereocenters. The van der Waals surface area contributed by atoms with E-state index in [1.165, 1.54) is 11.3 Å². The number of thiazole rings is 1. The zero-order valence-corrected chi connectivity index (χ0v) is 17.5. The quantitative estimate of drug-likeness (QED) is 0.545. The molecule has 0 saturated heterocycles. The smallest absolute Gasteiger partial charge is 0.273 e. The summed E-state index contributed by atoms with van der Waals surface area (Å²) in [5.74, 6) is 0.480. The fourth-order valence-electron chi connectivity index (χ4n) is 2.88. The topological polar surface area (TPSA) is 92.8 Å². The molecule has 1 aliphatic rings. The fourth-order valence-corrected chi connectivity index (χ4v) is 3.58. The summed E-state index contributed by atoms with van der Waals surface area (Å²) in [6, 6.07) is 7.73. The average Bonchev–Trinajstić information content (AvgIpc) is 3.46. The van der Waals surface area contributed by atoms with Gasteiger partial charge >= 0.3 is 0 Å². The summed E-state index contributed by atoms with van der Waals surface area (Å²) >= 11 is 1.36. The molecule has 2 aromatic rings. The van der Waals surface area contributed by atoms with E-state index in [1.807, 2.05) is 24.3 Å². The number of carbonyl (C=O) groups excluding carboxylic acids is 2. The first-order valence-electron chi connectivity index (χ1n) is 9.54. The third-order valence-electron chi connectivity index (χ3n) is 4.53. The number of amides is 2.